The molecular formula is C22H23ClN4O. The van der Waals surface area contributed by atoms with Crippen LogP contribution in [0.4, 0.5) is 5.69 Å². The number of para-hydroxylation sites is 1. The van der Waals surface area contributed by atoms with Crippen molar-refractivity contribution >= 4 is 17.3 Å². The van der Waals surface area contributed by atoms with Gasteiger partial charge in [0, 0.05) is 32.7 Å². The lowest BCUT2D eigenvalue weighted by atomic mass is 10.1. The van der Waals surface area contributed by atoms with Gasteiger partial charge >= 0.3 is 0 Å². The van der Waals surface area contributed by atoms with Gasteiger partial charge in [-0.15, -0.1) is 0 Å². The van der Waals surface area contributed by atoms with Gasteiger partial charge in [-0.05, 0) is 24.6 Å². The maximum Gasteiger partial charge on any atom is 0.292 e. The molecule has 1 aromatic heterocycles. The lowest BCUT2D eigenvalue weighted by molar-refractivity contribution is 0.250. The van der Waals surface area contributed by atoms with Gasteiger partial charge in [-0.2, -0.15) is 9.78 Å². The van der Waals surface area contributed by atoms with E-state index < -0.39 is 0 Å². The van der Waals surface area contributed by atoms with Crippen LogP contribution in [0.5, 0.6) is 0 Å². The average Bonchev–Trinajstić information content (AvgIpc) is 2.73. The molecule has 1 aliphatic heterocycles. The first kappa shape index (κ1) is 18.7. The second-order valence-corrected chi connectivity index (χ2v) is 7.52. The second kappa shape index (κ2) is 8.17. The second-order valence-electron chi connectivity index (χ2n) is 7.15. The quantitative estimate of drug-likeness (QED) is 0.679. The number of hydrogen-bond donors (Lipinski definition) is 0. The van der Waals surface area contributed by atoms with Gasteiger partial charge in [0.05, 0.1) is 17.6 Å². The van der Waals surface area contributed by atoms with E-state index in [9.17, 15) is 4.79 Å². The van der Waals surface area contributed by atoms with Gasteiger partial charge in [-0.1, -0.05) is 59.6 Å². The molecule has 5 nitrogen and oxygen atoms in total. The number of benzene rings is 2. The first-order chi connectivity index (χ1) is 13.6. The summed E-state index contributed by atoms with van der Waals surface area (Å²) in [7, 11) is 0. The van der Waals surface area contributed by atoms with Crippen LogP contribution in [0.3, 0.4) is 0 Å². The molecule has 0 saturated carbocycles. The van der Waals surface area contributed by atoms with E-state index >= 15 is 0 Å². The van der Waals surface area contributed by atoms with Crippen molar-refractivity contribution in [2.24, 2.45) is 0 Å². The summed E-state index contributed by atoms with van der Waals surface area (Å²) in [4.78, 5) is 17.3. The first-order valence-electron chi connectivity index (χ1n) is 9.48. The highest BCUT2D eigenvalue weighted by Crippen LogP contribution is 2.23. The third-order valence-corrected chi connectivity index (χ3v) is 5.50. The van der Waals surface area contributed by atoms with Gasteiger partial charge in [-0.25, -0.2) is 0 Å². The van der Waals surface area contributed by atoms with Gasteiger partial charge in [0.1, 0.15) is 5.02 Å². The fourth-order valence-corrected chi connectivity index (χ4v) is 3.74. The maximum atomic E-state index is 12.7. The Labute approximate surface area is 169 Å². The average molecular weight is 395 g/mol. The van der Waals surface area contributed by atoms with Gasteiger partial charge < -0.3 is 4.90 Å². The molecule has 2 heterocycles. The largest absolute Gasteiger partial charge is 0.366 e. The zero-order chi connectivity index (χ0) is 19.5. The smallest absolute Gasteiger partial charge is 0.292 e. The standard InChI is InChI=1S/C22H23ClN4O/c1-17-7-9-18(10-8-17)16-25-11-13-26(14-12-25)20-15-24-27(22(28)21(20)23)19-5-3-2-4-6-19/h2-10,15H,11-14,16H2,1H3. The van der Waals surface area contributed by atoms with Crippen LogP contribution in [-0.4, -0.2) is 40.9 Å². The van der Waals surface area contributed by atoms with Gasteiger partial charge in [0.15, 0.2) is 0 Å². The van der Waals surface area contributed by atoms with Crippen LogP contribution in [-0.2, 0) is 6.54 Å². The molecule has 4 rings (SSSR count). The van der Waals surface area contributed by atoms with Crippen LogP contribution in [0, 0.1) is 6.92 Å². The highest BCUT2D eigenvalue weighted by Gasteiger charge is 2.21. The summed E-state index contributed by atoms with van der Waals surface area (Å²) in [5.41, 5.74) is 3.75. The number of aromatic nitrogens is 2. The zero-order valence-electron chi connectivity index (χ0n) is 15.9. The first-order valence-corrected chi connectivity index (χ1v) is 9.86. The van der Waals surface area contributed by atoms with Crippen LogP contribution in [0.25, 0.3) is 5.69 Å². The lowest BCUT2D eigenvalue weighted by Crippen LogP contribution is -2.46. The summed E-state index contributed by atoms with van der Waals surface area (Å²) in [5.74, 6) is 0. The van der Waals surface area contributed by atoms with E-state index in [2.05, 4.69) is 46.1 Å². The van der Waals surface area contributed by atoms with Crippen molar-refractivity contribution in [3.8, 4) is 5.69 Å². The van der Waals surface area contributed by atoms with Crippen molar-refractivity contribution in [3.05, 3.63) is 87.3 Å². The molecule has 6 heteroatoms. The van der Waals surface area contributed by atoms with Crippen molar-refractivity contribution in [1.82, 2.24) is 14.7 Å². The van der Waals surface area contributed by atoms with Crippen LogP contribution >= 0.6 is 11.6 Å². The van der Waals surface area contributed by atoms with E-state index in [1.54, 1.807) is 6.20 Å². The fraction of sp³-hybridized carbons (Fsp3) is 0.273. The molecule has 0 spiro atoms. The van der Waals surface area contributed by atoms with Crippen LogP contribution in [0.2, 0.25) is 5.02 Å². The van der Waals surface area contributed by atoms with Gasteiger partial charge in [0.25, 0.3) is 5.56 Å². The molecule has 0 unspecified atom stereocenters. The molecule has 144 valence electrons. The Morgan fingerprint density at radius 3 is 2.32 bits per heavy atom. The van der Waals surface area contributed by atoms with Crippen molar-refractivity contribution in [1.29, 1.82) is 0 Å². The van der Waals surface area contributed by atoms with Crippen LogP contribution < -0.4 is 10.5 Å². The summed E-state index contributed by atoms with van der Waals surface area (Å²) in [6, 6.07) is 18.0. The summed E-state index contributed by atoms with van der Waals surface area (Å²) in [5, 5.41) is 4.57. The molecule has 0 amide bonds. The Kier molecular flexibility index (Phi) is 5.46. The normalized spacial score (nSPS) is 15.0. The molecule has 1 aliphatic rings. The topological polar surface area (TPSA) is 41.4 Å². The predicted molar refractivity (Wildman–Crippen MR) is 114 cm³/mol. The Hall–Kier alpha value is -2.63. The van der Waals surface area contributed by atoms with Crippen molar-refractivity contribution in [3.63, 3.8) is 0 Å². The van der Waals surface area contributed by atoms with Gasteiger partial charge in [0.2, 0.25) is 0 Å². The monoisotopic (exact) mass is 394 g/mol. The molecule has 3 aromatic rings. The Morgan fingerprint density at radius 2 is 1.64 bits per heavy atom. The summed E-state index contributed by atoms with van der Waals surface area (Å²) >= 11 is 6.43. The number of rotatable bonds is 4. The molecule has 0 bridgehead atoms. The highest BCUT2D eigenvalue weighted by molar-refractivity contribution is 6.33. The Balaban J connectivity index is 1.45. The van der Waals surface area contributed by atoms with E-state index in [0.29, 0.717) is 11.4 Å². The fourth-order valence-electron chi connectivity index (χ4n) is 3.50. The van der Waals surface area contributed by atoms with E-state index in [1.165, 1.54) is 15.8 Å². The number of anilines is 1. The van der Waals surface area contributed by atoms with Gasteiger partial charge in [-0.3, -0.25) is 9.69 Å². The minimum Gasteiger partial charge on any atom is -0.366 e. The molecule has 2 aromatic carbocycles. The minimum absolute atomic E-state index is 0.228. The molecule has 0 N–H and O–H groups in total. The van der Waals surface area contributed by atoms with Crippen molar-refractivity contribution in [2.45, 2.75) is 13.5 Å². The maximum absolute atomic E-state index is 12.7. The lowest BCUT2D eigenvalue weighted by Gasteiger charge is -2.36. The molecule has 1 fully saturated rings. The third kappa shape index (κ3) is 3.96. The Bertz CT molecular complexity index is 993. The Morgan fingerprint density at radius 1 is 0.964 bits per heavy atom. The molecular weight excluding hydrogens is 372 g/mol. The number of halogens is 1. The molecule has 28 heavy (non-hydrogen) atoms. The van der Waals surface area contributed by atoms with E-state index in [4.69, 9.17) is 11.6 Å². The zero-order valence-corrected chi connectivity index (χ0v) is 16.6. The van der Waals surface area contributed by atoms with E-state index in [0.717, 1.165) is 32.7 Å². The van der Waals surface area contributed by atoms with Crippen molar-refractivity contribution in [2.75, 3.05) is 31.1 Å². The number of hydrogen-bond acceptors (Lipinski definition) is 4. The number of aryl methyl sites for hydroxylation is 1. The third-order valence-electron chi connectivity index (χ3n) is 5.14. The predicted octanol–water partition coefficient (Wildman–Crippen LogP) is 3.52. The summed E-state index contributed by atoms with van der Waals surface area (Å²) in [6.45, 7) is 6.53. The minimum atomic E-state index is -0.285. The molecule has 0 atom stereocenters. The van der Waals surface area contributed by atoms with E-state index in [1.807, 2.05) is 30.3 Å². The summed E-state index contributed by atoms with van der Waals surface area (Å²) in [6.07, 6.45) is 1.70. The molecule has 0 radical (unpaired) electrons. The molecule has 0 aliphatic carbocycles. The van der Waals surface area contributed by atoms with Crippen molar-refractivity contribution < 1.29 is 0 Å². The SMILES string of the molecule is Cc1ccc(CN2CCN(c3cnn(-c4ccccc4)c(=O)c3Cl)CC2)cc1. The van der Waals surface area contributed by atoms with E-state index in [-0.39, 0.29) is 10.6 Å². The summed E-state index contributed by atoms with van der Waals surface area (Å²) < 4.78 is 1.35. The number of nitrogens with zero attached hydrogens (tertiary/aromatic N) is 4. The highest BCUT2D eigenvalue weighted by atomic mass is 35.5. The van der Waals surface area contributed by atoms with Crippen LogP contribution in [0.15, 0.2) is 65.6 Å². The van der Waals surface area contributed by atoms with Crippen LogP contribution in [0.1, 0.15) is 11.1 Å². The number of piperazine rings is 1. The molecule has 1 saturated heterocycles.